The van der Waals surface area contributed by atoms with Crippen molar-refractivity contribution in [1.29, 1.82) is 0 Å². The molecule has 0 aromatic carbocycles. The minimum Gasteiger partial charge on any atom is -0.512 e. The van der Waals surface area contributed by atoms with Gasteiger partial charge in [0.2, 0.25) is 0 Å². The fourth-order valence-corrected chi connectivity index (χ4v) is 3.39. The zero-order valence-electron chi connectivity index (χ0n) is 15.2. The summed E-state index contributed by atoms with van der Waals surface area (Å²) in [5.41, 5.74) is -0.809. The van der Waals surface area contributed by atoms with E-state index in [4.69, 9.17) is 0 Å². The van der Waals surface area contributed by atoms with Crippen LogP contribution in [0, 0.1) is 0 Å². The predicted molar refractivity (Wildman–Crippen MR) is 99.7 cm³/mol. The maximum absolute atomic E-state index is 10.3. The van der Waals surface area contributed by atoms with Gasteiger partial charge >= 0.3 is 0 Å². The van der Waals surface area contributed by atoms with Gasteiger partial charge in [0.25, 0.3) is 0 Å². The van der Waals surface area contributed by atoms with Crippen molar-refractivity contribution in [2.45, 2.75) is 109 Å². The van der Waals surface area contributed by atoms with Crippen LogP contribution in [-0.2, 0) is 0 Å². The van der Waals surface area contributed by atoms with E-state index in [1.54, 1.807) is 12.2 Å². The standard InChI is InChI=1S/C21H38O2/c1-2-3-4-5-6-7-8-9-10-11-12-13-14-17-21(23)18-15-16-20(22)19-21/h15-16,18,22-23H,2-14,17,19H2,1H3. The molecule has 0 aliphatic heterocycles. The quantitative estimate of drug-likeness (QED) is 0.354. The van der Waals surface area contributed by atoms with Gasteiger partial charge in [-0.15, -0.1) is 0 Å². The van der Waals surface area contributed by atoms with Crippen molar-refractivity contribution in [1.82, 2.24) is 0 Å². The smallest absolute Gasteiger partial charge is 0.0954 e. The second-order valence-electron chi connectivity index (χ2n) is 7.29. The second kappa shape index (κ2) is 12.6. The Morgan fingerprint density at radius 1 is 0.826 bits per heavy atom. The Balaban J connectivity index is 1.83. The molecule has 0 heterocycles. The fourth-order valence-electron chi connectivity index (χ4n) is 3.39. The SMILES string of the molecule is CCCCCCCCCCCCCCCC1(O)C=CC=C(O)C1. The Morgan fingerprint density at radius 2 is 1.30 bits per heavy atom. The Morgan fingerprint density at radius 3 is 1.78 bits per heavy atom. The summed E-state index contributed by atoms with van der Waals surface area (Å²) in [6.45, 7) is 2.27. The maximum Gasteiger partial charge on any atom is 0.0954 e. The number of aliphatic hydroxyl groups is 2. The van der Waals surface area contributed by atoms with E-state index in [9.17, 15) is 10.2 Å². The molecule has 134 valence electrons. The molecular formula is C21H38O2. The van der Waals surface area contributed by atoms with Gasteiger partial charge in [-0.05, 0) is 12.5 Å². The first-order chi connectivity index (χ1) is 11.2. The lowest BCUT2D eigenvalue weighted by Crippen LogP contribution is -2.27. The van der Waals surface area contributed by atoms with E-state index in [1.807, 2.05) is 6.08 Å². The van der Waals surface area contributed by atoms with E-state index in [2.05, 4.69) is 6.92 Å². The topological polar surface area (TPSA) is 40.5 Å². The predicted octanol–water partition coefficient (Wildman–Crippen LogP) is 6.60. The number of aliphatic hydroxyl groups excluding tert-OH is 1. The first kappa shape index (κ1) is 20.3. The highest BCUT2D eigenvalue weighted by Crippen LogP contribution is 2.27. The van der Waals surface area contributed by atoms with Crippen molar-refractivity contribution in [2.24, 2.45) is 0 Å². The fraction of sp³-hybridized carbons (Fsp3) is 0.810. The largest absolute Gasteiger partial charge is 0.512 e. The van der Waals surface area contributed by atoms with Crippen molar-refractivity contribution >= 4 is 0 Å². The van der Waals surface area contributed by atoms with E-state index in [1.165, 1.54) is 77.0 Å². The molecule has 0 saturated heterocycles. The summed E-state index contributed by atoms with van der Waals surface area (Å²) in [7, 11) is 0. The number of allylic oxidation sites excluding steroid dienone is 2. The molecule has 1 unspecified atom stereocenters. The average molecular weight is 323 g/mol. The monoisotopic (exact) mass is 322 g/mol. The first-order valence-electron chi connectivity index (χ1n) is 9.96. The first-order valence-corrected chi connectivity index (χ1v) is 9.96. The molecule has 0 saturated carbocycles. The van der Waals surface area contributed by atoms with Crippen LogP contribution >= 0.6 is 0 Å². The summed E-state index contributed by atoms with van der Waals surface area (Å²) in [6.07, 6.45) is 23.8. The molecule has 23 heavy (non-hydrogen) atoms. The minimum atomic E-state index is -0.809. The summed E-state index contributed by atoms with van der Waals surface area (Å²) in [6, 6.07) is 0. The lowest BCUT2D eigenvalue weighted by Gasteiger charge is -2.26. The number of unbranched alkanes of at least 4 members (excludes halogenated alkanes) is 12. The zero-order chi connectivity index (χ0) is 16.8. The summed E-state index contributed by atoms with van der Waals surface area (Å²) in [5, 5.41) is 19.8. The third-order valence-electron chi connectivity index (χ3n) is 4.90. The Bertz CT molecular complexity index is 346. The van der Waals surface area contributed by atoms with Crippen LogP contribution in [0.5, 0.6) is 0 Å². The number of hydrogen-bond donors (Lipinski definition) is 2. The van der Waals surface area contributed by atoms with E-state index >= 15 is 0 Å². The van der Waals surface area contributed by atoms with Crippen molar-refractivity contribution in [3.8, 4) is 0 Å². The number of rotatable bonds is 14. The van der Waals surface area contributed by atoms with Gasteiger partial charge in [0.05, 0.1) is 11.4 Å². The van der Waals surface area contributed by atoms with Gasteiger partial charge in [0.15, 0.2) is 0 Å². The van der Waals surface area contributed by atoms with Crippen molar-refractivity contribution in [3.05, 3.63) is 24.0 Å². The average Bonchev–Trinajstić information content (AvgIpc) is 2.51. The van der Waals surface area contributed by atoms with Gasteiger partial charge in [0.1, 0.15) is 0 Å². The summed E-state index contributed by atoms with van der Waals surface area (Å²) in [4.78, 5) is 0. The molecule has 0 spiro atoms. The van der Waals surface area contributed by atoms with Crippen molar-refractivity contribution < 1.29 is 10.2 Å². The van der Waals surface area contributed by atoms with Gasteiger partial charge < -0.3 is 10.2 Å². The summed E-state index contributed by atoms with van der Waals surface area (Å²) < 4.78 is 0. The molecule has 0 aromatic heterocycles. The van der Waals surface area contributed by atoms with Gasteiger partial charge in [-0.25, -0.2) is 0 Å². The van der Waals surface area contributed by atoms with Crippen LogP contribution in [0.4, 0.5) is 0 Å². The molecule has 1 atom stereocenters. The van der Waals surface area contributed by atoms with Gasteiger partial charge in [-0.2, -0.15) is 0 Å². The number of hydrogen-bond acceptors (Lipinski definition) is 2. The van der Waals surface area contributed by atoms with E-state index < -0.39 is 5.60 Å². The highest BCUT2D eigenvalue weighted by atomic mass is 16.3. The highest BCUT2D eigenvalue weighted by molar-refractivity contribution is 5.20. The molecule has 0 radical (unpaired) electrons. The molecule has 1 aliphatic rings. The van der Waals surface area contributed by atoms with Gasteiger partial charge in [0, 0.05) is 6.42 Å². The summed E-state index contributed by atoms with van der Waals surface area (Å²) >= 11 is 0. The van der Waals surface area contributed by atoms with Gasteiger partial charge in [-0.1, -0.05) is 103 Å². The maximum atomic E-state index is 10.3. The van der Waals surface area contributed by atoms with Gasteiger partial charge in [-0.3, -0.25) is 0 Å². The zero-order valence-corrected chi connectivity index (χ0v) is 15.2. The van der Waals surface area contributed by atoms with Crippen LogP contribution in [0.25, 0.3) is 0 Å². The van der Waals surface area contributed by atoms with Crippen LogP contribution in [0.2, 0.25) is 0 Å². The van der Waals surface area contributed by atoms with Crippen molar-refractivity contribution in [3.63, 3.8) is 0 Å². The third-order valence-corrected chi connectivity index (χ3v) is 4.90. The minimum absolute atomic E-state index is 0.296. The molecule has 2 nitrogen and oxygen atoms in total. The molecule has 0 bridgehead atoms. The van der Waals surface area contributed by atoms with E-state index in [0.717, 1.165) is 12.8 Å². The van der Waals surface area contributed by atoms with Crippen LogP contribution < -0.4 is 0 Å². The Hall–Kier alpha value is -0.760. The summed E-state index contributed by atoms with van der Waals surface area (Å²) in [5.74, 6) is 0.296. The van der Waals surface area contributed by atoms with E-state index in [0.29, 0.717) is 12.2 Å². The van der Waals surface area contributed by atoms with Crippen LogP contribution in [0.1, 0.15) is 103 Å². The third kappa shape index (κ3) is 10.6. The highest BCUT2D eigenvalue weighted by Gasteiger charge is 2.26. The Kier molecular flexibility index (Phi) is 11.1. The molecular weight excluding hydrogens is 284 g/mol. The molecule has 2 N–H and O–H groups in total. The molecule has 2 heteroatoms. The Labute approximate surface area is 143 Å². The van der Waals surface area contributed by atoms with E-state index in [-0.39, 0.29) is 0 Å². The lowest BCUT2D eigenvalue weighted by molar-refractivity contribution is 0.0655. The van der Waals surface area contributed by atoms with Crippen LogP contribution in [0.3, 0.4) is 0 Å². The normalized spacial score (nSPS) is 20.7. The molecule has 0 fully saturated rings. The van der Waals surface area contributed by atoms with Crippen LogP contribution in [0.15, 0.2) is 24.0 Å². The molecule has 0 amide bonds. The molecule has 1 aliphatic carbocycles. The molecule has 1 rings (SSSR count). The molecule has 0 aromatic rings. The lowest BCUT2D eigenvalue weighted by atomic mass is 9.88. The van der Waals surface area contributed by atoms with Crippen molar-refractivity contribution in [2.75, 3.05) is 0 Å². The van der Waals surface area contributed by atoms with Crippen LogP contribution in [-0.4, -0.2) is 15.8 Å². The second-order valence-corrected chi connectivity index (χ2v) is 7.29.